The van der Waals surface area contributed by atoms with E-state index in [2.05, 4.69) is 5.32 Å². The van der Waals surface area contributed by atoms with Crippen molar-refractivity contribution in [3.8, 4) is 11.5 Å². The van der Waals surface area contributed by atoms with Gasteiger partial charge < -0.3 is 24.4 Å². The highest BCUT2D eigenvalue weighted by Gasteiger charge is 2.25. The SMILES string of the molecule is CCOc1cc2c(cc1NC(=O)c1cc([N+](=O)[O-])ccc1N1CCOCC1)O[C@@H](C)C2. The van der Waals surface area contributed by atoms with Crippen LogP contribution in [0.15, 0.2) is 30.3 Å². The average Bonchev–Trinajstić information content (AvgIpc) is 3.13. The molecule has 1 amide bonds. The highest BCUT2D eigenvalue weighted by Crippen LogP contribution is 2.38. The van der Waals surface area contributed by atoms with Crippen LogP contribution in [0.5, 0.6) is 11.5 Å². The third-order valence-corrected chi connectivity index (χ3v) is 5.33. The van der Waals surface area contributed by atoms with Crippen molar-refractivity contribution in [3.05, 3.63) is 51.6 Å². The Kier molecular flexibility index (Phi) is 5.94. The summed E-state index contributed by atoms with van der Waals surface area (Å²) in [5, 5.41) is 14.2. The van der Waals surface area contributed by atoms with Crippen LogP contribution in [0.3, 0.4) is 0 Å². The number of rotatable bonds is 6. The lowest BCUT2D eigenvalue weighted by Crippen LogP contribution is -2.37. The number of carbonyl (C=O) groups is 1. The molecule has 0 aromatic heterocycles. The number of morpholine rings is 1. The van der Waals surface area contributed by atoms with Crippen molar-refractivity contribution in [3.63, 3.8) is 0 Å². The molecule has 0 saturated carbocycles. The van der Waals surface area contributed by atoms with Crippen LogP contribution in [0, 0.1) is 10.1 Å². The maximum absolute atomic E-state index is 13.3. The molecule has 2 aliphatic rings. The van der Waals surface area contributed by atoms with Gasteiger partial charge in [-0.25, -0.2) is 0 Å². The number of fused-ring (bicyclic) bond motifs is 1. The normalized spacial score (nSPS) is 17.6. The molecule has 2 aromatic carbocycles. The van der Waals surface area contributed by atoms with E-state index in [1.54, 1.807) is 12.1 Å². The molecule has 1 atom stereocenters. The van der Waals surface area contributed by atoms with Crippen molar-refractivity contribution >= 4 is 23.0 Å². The summed E-state index contributed by atoms with van der Waals surface area (Å²) >= 11 is 0. The van der Waals surface area contributed by atoms with Crippen molar-refractivity contribution in [2.45, 2.75) is 26.4 Å². The second-order valence-electron chi connectivity index (χ2n) is 7.53. The molecule has 0 aliphatic carbocycles. The first-order valence-corrected chi connectivity index (χ1v) is 10.3. The second kappa shape index (κ2) is 8.81. The molecule has 2 aromatic rings. The molecule has 0 bridgehead atoms. The molecule has 0 radical (unpaired) electrons. The molecule has 1 N–H and O–H groups in total. The zero-order valence-corrected chi connectivity index (χ0v) is 17.6. The van der Waals surface area contributed by atoms with Crippen LogP contribution in [0.4, 0.5) is 17.1 Å². The van der Waals surface area contributed by atoms with Crippen LogP contribution in [0.1, 0.15) is 29.8 Å². The van der Waals surface area contributed by atoms with Gasteiger partial charge in [-0.15, -0.1) is 0 Å². The Bertz CT molecular complexity index is 1000. The van der Waals surface area contributed by atoms with Gasteiger partial charge in [0.05, 0.1) is 41.7 Å². The Morgan fingerprint density at radius 2 is 2.06 bits per heavy atom. The fourth-order valence-electron chi connectivity index (χ4n) is 3.90. The van der Waals surface area contributed by atoms with Crippen LogP contribution >= 0.6 is 0 Å². The molecule has 2 heterocycles. The minimum absolute atomic E-state index is 0.0557. The molecule has 164 valence electrons. The van der Waals surface area contributed by atoms with E-state index >= 15 is 0 Å². The van der Waals surface area contributed by atoms with E-state index in [9.17, 15) is 14.9 Å². The number of anilines is 2. The fourth-order valence-corrected chi connectivity index (χ4v) is 3.90. The largest absolute Gasteiger partial charge is 0.492 e. The lowest BCUT2D eigenvalue weighted by Gasteiger charge is -2.30. The number of nitrogens with one attached hydrogen (secondary N) is 1. The van der Waals surface area contributed by atoms with E-state index in [4.69, 9.17) is 14.2 Å². The van der Waals surface area contributed by atoms with Gasteiger partial charge in [0.1, 0.15) is 17.6 Å². The smallest absolute Gasteiger partial charge is 0.270 e. The van der Waals surface area contributed by atoms with Gasteiger partial charge in [0.15, 0.2) is 0 Å². The monoisotopic (exact) mass is 427 g/mol. The highest BCUT2D eigenvalue weighted by molar-refractivity contribution is 6.09. The Morgan fingerprint density at radius 1 is 1.29 bits per heavy atom. The first kappa shape index (κ1) is 20.9. The average molecular weight is 427 g/mol. The number of nitro benzene ring substituents is 1. The lowest BCUT2D eigenvalue weighted by molar-refractivity contribution is -0.384. The van der Waals surface area contributed by atoms with Gasteiger partial charge in [0.2, 0.25) is 0 Å². The number of benzene rings is 2. The summed E-state index contributed by atoms with van der Waals surface area (Å²) in [6.45, 7) is 6.57. The van der Waals surface area contributed by atoms with Crippen LogP contribution < -0.4 is 19.7 Å². The molecule has 31 heavy (non-hydrogen) atoms. The molecule has 1 saturated heterocycles. The highest BCUT2D eigenvalue weighted by atomic mass is 16.6. The van der Waals surface area contributed by atoms with E-state index in [0.717, 1.165) is 12.0 Å². The van der Waals surface area contributed by atoms with Crippen LogP contribution in [0.2, 0.25) is 0 Å². The van der Waals surface area contributed by atoms with Crippen molar-refractivity contribution in [2.24, 2.45) is 0 Å². The van der Waals surface area contributed by atoms with Crippen molar-refractivity contribution in [1.29, 1.82) is 0 Å². The van der Waals surface area contributed by atoms with Gasteiger partial charge in [0.25, 0.3) is 11.6 Å². The summed E-state index contributed by atoms with van der Waals surface area (Å²) < 4.78 is 16.9. The number of nitro groups is 1. The Morgan fingerprint density at radius 3 is 2.77 bits per heavy atom. The first-order valence-electron chi connectivity index (χ1n) is 10.3. The Balaban J connectivity index is 1.69. The number of non-ortho nitro benzene ring substituents is 1. The third-order valence-electron chi connectivity index (χ3n) is 5.33. The zero-order chi connectivity index (χ0) is 22.0. The number of carbonyl (C=O) groups excluding carboxylic acids is 1. The van der Waals surface area contributed by atoms with Crippen LogP contribution in [-0.4, -0.2) is 49.8 Å². The molecule has 4 rings (SSSR count). The summed E-state index contributed by atoms with van der Waals surface area (Å²) in [6, 6.07) is 7.99. The molecular weight excluding hydrogens is 402 g/mol. The maximum atomic E-state index is 13.3. The van der Waals surface area contributed by atoms with Crippen LogP contribution in [0.25, 0.3) is 0 Å². The quantitative estimate of drug-likeness (QED) is 0.557. The molecule has 0 spiro atoms. The Labute approximate surface area is 180 Å². The summed E-state index contributed by atoms with van der Waals surface area (Å²) in [4.78, 5) is 26.1. The van der Waals surface area contributed by atoms with E-state index in [0.29, 0.717) is 55.8 Å². The molecule has 9 heteroatoms. The van der Waals surface area contributed by atoms with Crippen molar-refractivity contribution < 1.29 is 23.9 Å². The topological polar surface area (TPSA) is 103 Å². The Hall–Kier alpha value is -3.33. The number of amides is 1. The predicted molar refractivity (Wildman–Crippen MR) is 115 cm³/mol. The predicted octanol–water partition coefficient (Wildman–Crippen LogP) is 3.41. The number of hydrogen-bond acceptors (Lipinski definition) is 7. The summed E-state index contributed by atoms with van der Waals surface area (Å²) in [6.07, 6.45) is 0.829. The zero-order valence-electron chi connectivity index (χ0n) is 17.6. The summed E-state index contributed by atoms with van der Waals surface area (Å²) in [7, 11) is 0. The van der Waals surface area contributed by atoms with E-state index in [-0.39, 0.29) is 17.4 Å². The second-order valence-corrected chi connectivity index (χ2v) is 7.53. The molecule has 2 aliphatic heterocycles. The maximum Gasteiger partial charge on any atom is 0.270 e. The third kappa shape index (κ3) is 4.41. The number of hydrogen-bond donors (Lipinski definition) is 1. The number of nitrogens with zero attached hydrogens (tertiary/aromatic N) is 2. The van der Waals surface area contributed by atoms with Crippen molar-refractivity contribution in [1.82, 2.24) is 0 Å². The van der Waals surface area contributed by atoms with E-state index < -0.39 is 10.8 Å². The van der Waals surface area contributed by atoms with Gasteiger partial charge in [-0.05, 0) is 26.0 Å². The minimum Gasteiger partial charge on any atom is -0.492 e. The van der Waals surface area contributed by atoms with Gasteiger partial charge in [0, 0.05) is 43.3 Å². The molecule has 9 nitrogen and oxygen atoms in total. The molecular formula is C22H25N3O6. The van der Waals surface area contributed by atoms with E-state index in [1.807, 2.05) is 24.8 Å². The van der Waals surface area contributed by atoms with Crippen LogP contribution in [-0.2, 0) is 11.2 Å². The van der Waals surface area contributed by atoms with Gasteiger partial charge in [-0.3, -0.25) is 14.9 Å². The number of ether oxygens (including phenoxy) is 3. The minimum atomic E-state index is -0.504. The lowest BCUT2D eigenvalue weighted by atomic mass is 10.1. The molecule has 1 fully saturated rings. The van der Waals surface area contributed by atoms with Gasteiger partial charge in [-0.1, -0.05) is 0 Å². The fraction of sp³-hybridized carbons (Fsp3) is 0.409. The van der Waals surface area contributed by atoms with Gasteiger partial charge in [-0.2, -0.15) is 0 Å². The summed E-state index contributed by atoms with van der Waals surface area (Å²) in [5.41, 5.74) is 2.22. The first-order chi connectivity index (χ1) is 15.0. The summed E-state index contributed by atoms with van der Waals surface area (Å²) in [5.74, 6) is 0.807. The molecule has 0 unspecified atom stereocenters. The van der Waals surface area contributed by atoms with Crippen molar-refractivity contribution in [2.75, 3.05) is 43.1 Å². The van der Waals surface area contributed by atoms with E-state index in [1.165, 1.54) is 12.1 Å². The standard InChI is InChI=1S/C22H25N3O6/c1-3-30-21-11-15-10-14(2)31-20(15)13-18(21)23-22(26)17-12-16(25(27)28)4-5-19(17)24-6-8-29-9-7-24/h4-5,11-14H,3,6-10H2,1-2H3,(H,23,26)/t14-/m0/s1. The van der Waals surface area contributed by atoms with Gasteiger partial charge >= 0.3 is 0 Å².